The number of ether oxygens (including phenoxy) is 2. The highest BCUT2D eigenvalue weighted by atomic mass is 16.5. The molecule has 2 heterocycles. The molecule has 0 aromatic heterocycles. The van der Waals surface area contributed by atoms with E-state index < -0.39 is 6.04 Å². The number of fused-ring (bicyclic) bond motifs is 1. The van der Waals surface area contributed by atoms with Gasteiger partial charge in [0.1, 0.15) is 5.75 Å². The Morgan fingerprint density at radius 2 is 1.85 bits per heavy atom. The lowest BCUT2D eigenvalue weighted by molar-refractivity contribution is -0.120. The van der Waals surface area contributed by atoms with Crippen molar-refractivity contribution in [2.45, 2.75) is 39.2 Å². The number of hydrogen-bond acceptors (Lipinski definition) is 7. The van der Waals surface area contributed by atoms with E-state index >= 15 is 0 Å². The molecule has 0 spiro atoms. The molecular weight excluding hydrogens is 492 g/mol. The summed E-state index contributed by atoms with van der Waals surface area (Å²) in [4.78, 5) is 31.6. The Kier molecular flexibility index (Phi) is 8.23. The highest BCUT2D eigenvalue weighted by Gasteiger charge is 2.41. The average Bonchev–Trinajstić information content (AvgIpc) is 3.05. The van der Waals surface area contributed by atoms with Gasteiger partial charge in [0, 0.05) is 37.3 Å². The number of hydrogen-bond donors (Lipinski definition) is 2. The third-order valence-electron chi connectivity index (χ3n) is 7.83. The monoisotopic (exact) mass is 532 g/mol. The number of methoxy groups -OCH3 is 1. The van der Waals surface area contributed by atoms with Gasteiger partial charge in [-0.25, -0.2) is 0 Å². The number of anilines is 2. The molecule has 8 nitrogen and oxygen atoms in total. The van der Waals surface area contributed by atoms with Crippen LogP contribution in [0.2, 0.25) is 0 Å². The van der Waals surface area contributed by atoms with Gasteiger partial charge in [-0.05, 0) is 54.6 Å². The largest absolute Gasteiger partial charge is 0.497 e. The maximum atomic E-state index is 13.8. The standard InChI is InChI=1S/C31H40N4O4/c1-31(2)19-25-29(27(36)20-31)30(22-9-11-23(38-3)12-10-22)35(26-8-5-4-7-24(26)33-25)21-28(37)32-13-6-14-34-15-17-39-18-16-34/h4-5,7-12,30,33H,6,13-21H2,1-3H3,(H,32,37). The molecule has 2 N–H and O–H groups in total. The molecule has 1 fully saturated rings. The van der Waals surface area contributed by atoms with Crippen LogP contribution < -0.4 is 20.3 Å². The van der Waals surface area contributed by atoms with E-state index in [-0.39, 0.29) is 23.7 Å². The van der Waals surface area contributed by atoms with Crippen LogP contribution >= 0.6 is 0 Å². The SMILES string of the molecule is COc1ccc(C2C3=C(CC(C)(C)CC3=O)Nc3ccccc3N2CC(=O)NCCCN2CCOCC2)cc1. The number of allylic oxidation sites excluding steroid dienone is 1. The molecule has 1 aliphatic carbocycles. The van der Waals surface area contributed by atoms with E-state index in [1.807, 2.05) is 48.5 Å². The van der Waals surface area contributed by atoms with Crippen molar-refractivity contribution in [1.29, 1.82) is 0 Å². The van der Waals surface area contributed by atoms with E-state index in [9.17, 15) is 9.59 Å². The number of para-hydroxylation sites is 2. The molecule has 0 radical (unpaired) electrons. The number of benzene rings is 2. The molecule has 2 aromatic rings. The molecule has 0 saturated carbocycles. The van der Waals surface area contributed by atoms with Crippen LogP contribution in [0.25, 0.3) is 0 Å². The number of carbonyl (C=O) groups is 2. The number of nitrogens with zero attached hydrogens (tertiary/aromatic N) is 2. The van der Waals surface area contributed by atoms with E-state index in [1.54, 1.807) is 7.11 Å². The van der Waals surface area contributed by atoms with Gasteiger partial charge in [0.2, 0.25) is 5.91 Å². The summed E-state index contributed by atoms with van der Waals surface area (Å²) in [7, 11) is 1.64. The van der Waals surface area contributed by atoms with E-state index in [4.69, 9.17) is 9.47 Å². The Hall–Kier alpha value is -3.36. The molecule has 8 heteroatoms. The lowest BCUT2D eigenvalue weighted by Gasteiger charge is -2.38. The minimum absolute atomic E-state index is 0.0575. The first-order valence-corrected chi connectivity index (χ1v) is 13.9. The summed E-state index contributed by atoms with van der Waals surface area (Å²) in [5, 5.41) is 6.73. The maximum absolute atomic E-state index is 13.8. The highest BCUT2D eigenvalue weighted by Crippen LogP contribution is 2.48. The van der Waals surface area contributed by atoms with Gasteiger partial charge < -0.3 is 25.0 Å². The first-order valence-electron chi connectivity index (χ1n) is 13.9. The Morgan fingerprint density at radius 3 is 2.59 bits per heavy atom. The summed E-state index contributed by atoms with van der Waals surface area (Å²) < 4.78 is 10.8. The van der Waals surface area contributed by atoms with Crippen LogP contribution in [0.5, 0.6) is 5.75 Å². The molecule has 1 unspecified atom stereocenters. The Morgan fingerprint density at radius 1 is 1.10 bits per heavy atom. The van der Waals surface area contributed by atoms with Crippen molar-refractivity contribution in [1.82, 2.24) is 10.2 Å². The molecule has 1 atom stereocenters. The summed E-state index contributed by atoms with van der Waals surface area (Å²) in [6.07, 6.45) is 2.11. The first-order chi connectivity index (χ1) is 18.8. The fraction of sp³-hybridized carbons (Fsp3) is 0.484. The fourth-order valence-corrected chi connectivity index (χ4v) is 5.93. The van der Waals surface area contributed by atoms with Crippen LogP contribution in [-0.2, 0) is 14.3 Å². The van der Waals surface area contributed by atoms with E-state index in [0.29, 0.717) is 13.0 Å². The second-order valence-electron chi connectivity index (χ2n) is 11.4. The fourth-order valence-electron chi connectivity index (χ4n) is 5.93. The van der Waals surface area contributed by atoms with E-state index in [1.165, 1.54) is 0 Å². The number of ketones is 1. The minimum Gasteiger partial charge on any atom is -0.497 e. The van der Waals surface area contributed by atoms with Crippen LogP contribution in [0, 0.1) is 5.41 Å². The number of morpholine rings is 1. The summed E-state index contributed by atoms with van der Waals surface area (Å²) in [5.74, 6) is 0.817. The van der Waals surface area contributed by atoms with Crippen LogP contribution in [-0.4, -0.2) is 69.6 Å². The molecule has 0 bridgehead atoms. The van der Waals surface area contributed by atoms with Gasteiger partial charge in [-0.15, -0.1) is 0 Å². The molecule has 3 aliphatic rings. The summed E-state index contributed by atoms with van der Waals surface area (Å²) in [6.45, 7) is 9.39. The van der Waals surface area contributed by atoms with Gasteiger partial charge >= 0.3 is 0 Å². The van der Waals surface area contributed by atoms with Crippen molar-refractivity contribution >= 4 is 23.1 Å². The quantitative estimate of drug-likeness (QED) is 0.494. The third kappa shape index (κ3) is 6.28. The number of Topliss-reactive ketones (excluding diaryl/α,β-unsaturated/α-hetero) is 1. The second kappa shape index (κ2) is 11.8. The van der Waals surface area contributed by atoms with Crippen molar-refractivity contribution < 1.29 is 19.1 Å². The lowest BCUT2D eigenvalue weighted by atomic mass is 9.73. The van der Waals surface area contributed by atoms with Gasteiger partial charge in [-0.1, -0.05) is 38.1 Å². The maximum Gasteiger partial charge on any atom is 0.239 e. The second-order valence-corrected chi connectivity index (χ2v) is 11.4. The first kappa shape index (κ1) is 27.2. The van der Waals surface area contributed by atoms with Gasteiger partial charge in [-0.3, -0.25) is 14.5 Å². The lowest BCUT2D eigenvalue weighted by Crippen LogP contribution is -2.43. The van der Waals surface area contributed by atoms with Crippen molar-refractivity contribution in [2.75, 3.05) is 63.3 Å². The summed E-state index contributed by atoms with van der Waals surface area (Å²) in [6, 6.07) is 15.5. The van der Waals surface area contributed by atoms with Gasteiger partial charge in [0.15, 0.2) is 5.78 Å². The summed E-state index contributed by atoms with van der Waals surface area (Å²) >= 11 is 0. The molecule has 2 aromatic carbocycles. The number of rotatable bonds is 8. The predicted octanol–water partition coefficient (Wildman–Crippen LogP) is 4.15. The predicted molar refractivity (Wildman–Crippen MR) is 153 cm³/mol. The normalized spacial score (nSPS) is 20.9. The number of carbonyl (C=O) groups excluding carboxylic acids is 2. The van der Waals surface area contributed by atoms with E-state index in [2.05, 4.69) is 34.3 Å². The zero-order valence-electron chi connectivity index (χ0n) is 23.3. The average molecular weight is 533 g/mol. The van der Waals surface area contributed by atoms with Crippen LogP contribution in [0.3, 0.4) is 0 Å². The number of nitrogens with one attached hydrogen (secondary N) is 2. The van der Waals surface area contributed by atoms with Crippen molar-refractivity contribution in [3.63, 3.8) is 0 Å². The van der Waals surface area contributed by atoms with Crippen LogP contribution in [0.1, 0.15) is 44.7 Å². The van der Waals surface area contributed by atoms with Crippen molar-refractivity contribution in [3.8, 4) is 5.75 Å². The van der Waals surface area contributed by atoms with Gasteiger partial charge in [0.05, 0.1) is 44.3 Å². The Balaban J connectivity index is 1.44. The molecule has 5 rings (SSSR count). The summed E-state index contributed by atoms with van der Waals surface area (Å²) in [5.41, 5.74) is 4.31. The highest BCUT2D eigenvalue weighted by molar-refractivity contribution is 6.01. The zero-order valence-corrected chi connectivity index (χ0v) is 23.3. The minimum atomic E-state index is -0.398. The molecule has 208 valence electrons. The molecule has 39 heavy (non-hydrogen) atoms. The van der Waals surface area contributed by atoms with Crippen LogP contribution in [0.15, 0.2) is 59.8 Å². The molecule has 2 aliphatic heterocycles. The number of amides is 1. The molecule has 1 amide bonds. The van der Waals surface area contributed by atoms with Gasteiger partial charge in [0.25, 0.3) is 0 Å². The van der Waals surface area contributed by atoms with Crippen LogP contribution in [0.4, 0.5) is 11.4 Å². The molecular formula is C31H40N4O4. The van der Waals surface area contributed by atoms with E-state index in [0.717, 1.165) is 79.6 Å². The Bertz CT molecular complexity index is 1220. The zero-order chi connectivity index (χ0) is 27.4. The van der Waals surface area contributed by atoms with Crippen molar-refractivity contribution in [2.24, 2.45) is 5.41 Å². The van der Waals surface area contributed by atoms with Gasteiger partial charge in [-0.2, -0.15) is 0 Å². The smallest absolute Gasteiger partial charge is 0.239 e. The Labute approximate surface area is 231 Å². The molecule has 1 saturated heterocycles. The third-order valence-corrected chi connectivity index (χ3v) is 7.83. The van der Waals surface area contributed by atoms with Crippen molar-refractivity contribution in [3.05, 3.63) is 65.4 Å². The topological polar surface area (TPSA) is 83.1 Å².